The smallest absolute Gasteiger partial charge is 0.152 e. The van der Waals surface area contributed by atoms with Gasteiger partial charge in [-0.25, -0.2) is 4.98 Å². The van der Waals surface area contributed by atoms with Crippen LogP contribution in [0.4, 0.5) is 5.00 Å². The van der Waals surface area contributed by atoms with Gasteiger partial charge in [0, 0.05) is 23.2 Å². The lowest BCUT2D eigenvalue weighted by Crippen LogP contribution is -1.92. The fourth-order valence-electron chi connectivity index (χ4n) is 2.22. The summed E-state index contributed by atoms with van der Waals surface area (Å²) in [7, 11) is 0. The second-order valence-electron chi connectivity index (χ2n) is 4.46. The van der Waals surface area contributed by atoms with Crippen LogP contribution in [0.5, 0.6) is 0 Å². The van der Waals surface area contributed by atoms with Gasteiger partial charge in [-0.15, -0.1) is 0 Å². The SMILES string of the molecule is Nc1sc(SC2CCCC2)nc1-c1cccnc1. The number of thiazole rings is 1. The van der Waals surface area contributed by atoms with Crippen molar-refractivity contribution in [3.05, 3.63) is 24.5 Å². The standard InChI is InChI=1S/C13H15N3S2/c14-12-11(9-4-3-7-15-8-9)16-13(18-12)17-10-5-1-2-6-10/h3-4,7-8,10H,1-2,5-6,14H2. The summed E-state index contributed by atoms with van der Waals surface area (Å²) in [5.74, 6) is 0. The van der Waals surface area contributed by atoms with E-state index in [2.05, 4.69) is 9.97 Å². The molecule has 0 amide bonds. The number of hydrogen-bond donors (Lipinski definition) is 1. The first-order valence-corrected chi connectivity index (χ1v) is 7.86. The molecule has 2 aromatic heterocycles. The predicted molar refractivity (Wildman–Crippen MR) is 77.9 cm³/mol. The highest BCUT2D eigenvalue weighted by Gasteiger charge is 2.19. The van der Waals surface area contributed by atoms with Gasteiger partial charge in [0.1, 0.15) is 10.7 Å². The lowest BCUT2D eigenvalue weighted by atomic mass is 10.2. The number of pyridine rings is 1. The molecule has 1 saturated carbocycles. The third-order valence-electron chi connectivity index (χ3n) is 3.14. The molecular weight excluding hydrogens is 262 g/mol. The molecule has 1 aliphatic rings. The molecule has 0 saturated heterocycles. The Morgan fingerprint density at radius 1 is 1.33 bits per heavy atom. The number of nitrogens with zero attached hydrogens (tertiary/aromatic N) is 2. The third kappa shape index (κ3) is 2.52. The van der Waals surface area contributed by atoms with Crippen molar-refractivity contribution in [2.45, 2.75) is 35.3 Å². The Bertz CT molecular complexity index is 518. The summed E-state index contributed by atoms with van der Waals surface area (Å²) in [5.41, 5.74) is 7.95. The molecule has 1 aliphatic carbocycles. The molecule has 0 spiro atoms. The van der Waals surface area contributed by atoms with E-state index in [0.29, 0.717) is 0 Å². The highest BCUT2D eigenvalue weighted by atomic mass is 32.2. The second kappa shape index (κ2) is 5.28. The van der Waals surface area contributed by atoms with Crippen molar-refractivity contribution >= 4 is 28.1 Å². The monoisotopic (exact) mass is 277 g/mol. The van der Waals surface area contributed by atoms with Crippen LogP contribution >= 0.6 is 23.1 Å². The van der Waals surface area contributed by atoms with Gasteiger partial charge < -0.3 is 5.73 Å². The molecule has 0 aliphatic heterocycles. The Labute approximate surface area is 115 Å². The lowest BCUT2D eigenvalue weighted by molar-refractivity contribution is 0.886. The summed E-state index contributed by atoms with van der Waals surface area (Å²) < 4.78 is 1.10. The van der Waals surface area contributed by atoms with Gasteiger partial charge >= 0.3 is 0 Å². The topological polar surface area (TPSA) is 51.8 Å². The number of rotatable bonds is 3. The Morgan fingerprint density at radius 3 is 2.89 bits per heavy atom. The Morgan fingerprint density at radius 2 is 2.17 bits per heavy atom. The Balaban J connectivity index is 1.82. The zero-order valence-electron chi connectivity index (χ0n) is 10.0. The number of aromatic nitrogens is 2. The molecule has 0 bridgehead atoms. The minimum absolute atomic E-state index is 0.734. The maximum absolute atomic E-state index is 6.06. The summed E-state index contributed by atoms with van der Waals surface area (Å²) in [6.07, 6.45) is 8.91. The molecule has 1 fully saturated rings. The summed E-state index contributed by atoms with van der Waals surface area (Å²) in [4.78, 5) is 8.78. The molecule has 3 rings (SSSR count). The second-order valence-corrected chi connectivity index (χ2v) is 7.04. The van der Waals surface area contributed by atoms with E-state index in [0.717, 1.165) is 25.8 Å². The van der Waals surface area contributed by atoms with E-state index in [1.165, 1.54) is 25.7 Å². The fourth-order valence-corrected chi connectivity index (χ4v) is 4.67. The molecule has 5 heteroatoms. The number of anilines is 1. The van der Waals surface area contributed by atoms with Gasteiger partial charge in [-0.2, -0.15) is 0 Å². The minimum Gasteiger partial charge on any atom is -0.389 e. The average molecular weight is 277 g/mol. The molecule has 0 unspecified atom stereocenters. The van der Waals surface area contributed by atoms with Gasteiger partial charge in [-0.3, -0.25) is 4.98 Å². The zero-order valence-corrected chi connectivity index (χ0v) is 11.6. The van der Waals surface area contributed by atoms with Crippen LogP contribution in [0.25, 0.3) is 11.3 Å². The largest absolute Gasteiger partial charge is 0.389 e. The predicted octanol–water partition coefficient (Wildman–Crippen LogP) is 3.82. The van der Waals surface area contributed by atoms with E-state index >= 15 is 0 Å². The first-order chi connectivity index (χ1) is 8.83. The van der Waals surface area contributed by atoms with Crippen LogP contribution in [0, 0.1) is 0 Å². The quantitative estimate of drug-likeness (QED) is 0.926. The van der Waals surface area contributed by atoms with Crippen molar-refractivity contribution in [3.8, 4) is 11.3 Å². The normalized spacial score (nSPS) is 16.2. The van der Waals surface area contributed by atoms with E-state index in [1.54, 1.807) is 17.5 Å². The van der Waals surface area contributed by atoms with Crippen molar-refractivity contribution in [2.24, 2.45) is 0 Å². The molecule has 0 atom stereocenters. The minimum atomic E-state index is 0.734. The van der Waals surface area contributed by atoms with Crippen LogP contribution < -0.4 is 5.73 Å². The van der Waals surface area contributed by atoms with E-state index in [9.17, 15) is 0 Å². The van der Waals surface area contributed by atoms with Gasteiger partial charge in [-0.1, -0.05) is 35.9 Å². The van der Waals surface area contributed by atoms with Crippen LogP contribution in [-0.2, 0) is 0 Å². The van der Waals surface area contributed by atoms with E-state index in [-0.39, 0.29) is 0 Å². The lowest BCUT2D eigenvalue weighted by Gasteiger charge is -2.03. The van der Waals surface area contributed by atoms with Gasteiger partial charge in [-0.05, 0) is 25.0 Å². The van der Waals surface area contributed by atoms with Gasteiger partial charge in [0.15, 0.2) is 4.34 Å². The highest BCUT2D eigenvalue weighted by Crippen LogP contribution is 2.40. The Kier molecular flexibility index (Phi) is 3.52. The third-order valence-corrected chi connectivity index (χ3v) is 5.45. The van der Waals surface area contributed by atoms with Crippen molar-refractivity contribution in [1.29, 1.82) is 0 Å². The van der Waals surface area contributed by atoms with Crippen molar-refractivity contribution < 1.29 is 0 Å². The van der Waals surface area contributed by atoms with Gasteiger partial charge in [0.05, 0.1) is 0 Å². The van der Waals surface area contributed by atoms with Crippen molar-refractivity contribution in [1.82, 2.24) is 9.97 Å². The first-order valence-electron chi connectivity index (χ1n) is 6.16. The molecule has 18 heavy (non-hydrogen) atoms. The van der Waals surface area contributed by atoms with Crippen LogP contribution in [-0.4, -0.2) is 15.2 Å². The Hall–Kier alpha value is -1.07. The number of hydrogen-bond acceptors (Lipinski definition) is 5. The summed E-state index contributed by atoms with van der Waals surface area (Å²) >= 11 is 3.49. The molecule has 0 radical (unpaired) electrons. The number of nitrogens with two attached hydrogens (primary N) is 1. The maximum Gasteiger partial charge on any atom is 0.152 e. The average Bonchev–Trinajstić information content (AvgIpc) is 3.01. The molecule has 2 heterocycles. The highest BCUT2D eigenvalue weighted by molar-refractivity contribution is 8.01. The van der Waals surface area contributed by atoms with Gasteiger partial charge in [0.25, 0.3) is 0 Å². The van der Waals surface area contributed by atoms with Crippen LogP contribution in [0.1, 0.15) is 25.7 Å². The molecule has 0 aromatic carbocycles. The fraction of sp³-hybridized carbons (Fsp3) is 0.385. The van der Waals surface area contributed by atoms with Crippen LogP contribution in [0.2, 0.25) is 0 Å². The van der Waals surface area contributed by atoms with Crippen LogP contribution in [0.3, 0.4) is 0 Å². The number of nitrogen functional groups attached to an aromatic ring is 1. The molecule has 2 N–H and O–H groups in total. The molecule has 94 valence electrons. The first kappa shape index (κ1) is 12.0. The maximum atomic E-state index is 6.06. The zero-order chi connectivity index (χ0) is 12.4. The summed E-state index contributed by atoms with van der Waals surface area (Å²) in [6, 6.07) is 3.92. The summed E-state index contributed by atoms with van der Waals surface area (Å²) in [6.45, 7) is 0. The van der Waals surface area contributed by atoms with Crippen LogP contribution in [0.15, 0.2) is 28.9 Å². The van der Waals surface area contributed by atoms with E-state index in [1.807, 2.05) is 30.1 Å². The number of thioether (sulfide) groups is 1. The summed E-state index contributed by atoms with van der Waals surface area (Å²) in [5, 5.41) is 1.53. The molecular formula is C13H15N3S2. The van der Waals surface area contributed by atoms with Crippen molar-refractivity contribution in [2.75, 3.05) is 5.73 Å². The van der Waals surface area contributed by atoms with Crippen molar-refractivity contribution in [3.63, 3.8) is 0 Å². The van der Waals surface area contributed by atoms with E-state index in [4.69, 9.17) is 5.73 Å². The molecule has 3 nitrogen and oxygen atoms in total. The van der Waals surface area contributed by atoms with Gasteiger partial charge in [0.2, 0.25) is 0 Å². The molecule has 2 aromatic rings. The van der Waals surface area contributed by atoms with E-state index < -0.39 is 0 Å².